The van der Waals surface area contributed by atoms with E-state index in [1.807, 2.05) is 13.8 Å². The van der Waals surface area contributed by atoms with Crippen LogP contribution in [-0.4, -0.2) is 39.1 Å². The van der Waals surface area contributed by atoms with Gasteiger partial charge in [0.15, 0.2) is 0 Å². The van der Waals surface area contributed by atoms with Crippen LogP contribution in [0.25, 0.3) is 0 Å². The molecule has 0 aliphatic rings. The first kappa shape index (κ1) is 16.5. The highest BCUT2D eigenvalue weighted by atomic mass is 19.4. The minimum absolute atomic E-state index is 0.105. The molecule has 1 aromatic heterocycles. The van der Waals surface area contributed by atoms with Gasteiger partial charge in [-0.25, -0.2) is 4.98 Å². The van der Waals surface area contributed by atoms with Crippen LogP contribution in [0.2, 0.25) is 0 Å². The van der Waals surface area contributed by atoms with Gasteiger partial charge in [-0.05, 0) is 13.8 Å². The van der Waals surface area contributed by atoms with Gasteiger partial charge in [0.25, 0.3) is 0 Å². The first-order valence-corrected chi connectivity index (χ1v) is 6.49. The van der Waals surface area contributed by atoms with Crippen LogP contribution in [0.1, 0.15) is 39.4 Å². The largest absolute Gasteiger partial charge is 0.406 e. The lowest BCUT2D eigenvalue weighted by Crippen LogP contribution is -2.44. The average Bonchev–Trinajstić information content (AvgIpc) is 2.72. The van der Waals surface area contributed by atoms with Crippen molar-refractivity contribution < 1.29 is 18.0 Å². The molecule has 0 N–H and O–H groups in total. The average molecular weight is 291 g/mol. The maximum absolute atomic E-state index is 12.5. The predicted molar refractivity (Wildman–Crippen MR) is 69.2 cm³/mol. The highest BCUT2D eigenvalue weighted by molar-refractivity contribution is 5.76. The van der Waals surface area contributed by atoms with E-state index >= 15 is 0 Å². The lowest BCUT2D eigenvalue weighted by atomic mass is 10.2. The van der Waals surface area contributed by atoms with E-state index in [9.17, 15) is 18.0 Å². The first-order valence-electron chi connectivity index (χ1n) is 6.49. The van der Waals surface area contributed by atoms with E-state index in [0.717, 1.165) is 4.90 Å². The molecule has 0 saturated carbocycles. The molecule has 0 radical (unpaired) electrons. The molecule has 7 heteroatoms. The summed E-state index contributed by atoms with van der Waals surface area (Å²) in [7, 11) is 0. The van der Waals surface area contributed by atoms with Gasteiger partial charge in [0.05, 0.1) is 0 Å². The van der Waals surface area contributed by atoms with Gasteiger partial charge in [0.1, 0.15) is 18.9 Å². The summed E-state index contributed by atoms with van der Waals surface area (Å²) in [4.78, 5) is 17.0. The third kappa shape index (κ3) is 4.54. The van der Waals surface area contributed by atoms with Crippen molar-refractivity contribution in [3.8, 4) is 0 Å². The summed E-state index contributed by atoms with van der Waals surface area (Å²) < 4.78 is 39.1. The van der Waals surface area contributed by atoms with Gasteiger partial charge in [-0.3, -0.25) is 4.79 Å². The molecule has 0 spiro atoms. The predicted octanol–water partition coefficient (Wildman–Crippen LogP) is 2.81. The lowest BCUT2D eigenvalue weighted by molar-refractivity contribution is -0.165. The Labute approximate surface area is 116 Å². The standard InChI is InChI=1S/C13H20F3N3O/c1-9(2)12-17-5-6-18(12)7-11(20)19(10(3)4)8-13(14,15)16/h5-6,9-10H,7-8H2,1-4H3. The molecule has 0 fully saturated rings. The minimum atomic E-state index is -4.39. The summed E-state index contributed by atoms with van der Waals surface area (Å²) in [5.74, 6) is 0.235. The van der Waals surface area contributed by atoms with E-state index in [2.05, 4.69) is 4.98 Å². The maximum Gasteiger partial charge on any atom is 0.406 e. The number of carbonyl (C=O) groups excluding carboxylic acids is 1. The SMILES string of the molecule is CC(C)c1nccn1CC(=O)N(CC(F)(F)F)C(C)C. The normalized spacial score (nSPS) is 12.2. The van der Waals surface area contributed by atoms with Crippen molar-refractivity contribution in [3.63, 3.8) is 0 Å². The highest BCUT2D eigenvalue weighted by Gasteiger charge is 2.34. The zero-order valence-corrected chi connectivity index (χ0v) is 12.1. The second-order valence-corrected chi connectivity index (χ2v) is 5.30. The van der Waals surface area contributed by atoms with Crippen LogP contribution < -0.4 is 0 Å². The van der Waals surface area contributed by atoms with E-state index < -0.39 is 24.7 Å². The van der Waals surface area contributed by atoms with Crippen LogP contribution >= 0.6 is 0 Å². The van der Waals surface area contributed by atoms with Crippen molar-refractivity contribution in [3.05, 3.63) is 18.2 Å². The van der Waals surface area contributed by atoms with Crippen molar-refractivity contribution in [2.24, 2.45) is 0 Å². The smallest absolute Gasteiger partial charge is 0.330 e. The molecule has 0 saturated heterocycles. The van der Waals surface area contributed by atoms with Gasteiger partial charge >= 0.3 is 6.18 Å². The van der Waals surface area contributed by atoms with Gasteiger partial charge < -0.3 is 9.47 Å². The highest BCUT2D eigenvalue weighted by Crippen LogP contribution is 2.19. The Morgan fingerprint density at radius 3 is 2.40 bits per heavy atom. The fraction of sp³-hybridized carbons (Fsp3) is 0.692. The lowest BCUT2D eigenvalue weighted by Gasteiger charge is -2.28. The molecule has 20 heavy (non-hydrogen) atoms. The minimum Gasteiger partial charge on any atom is -0.330 e. The van der Waals surface area contributed by atoms with E-state index in [4.69, 9.17) is 0 Å². The second-order valence-electron chi connectivity index (χ2n) is 5.30. The maximum atomic E-state index is 12.5. The first-order chi connectivity index (χ1) is 9.11. The molecular weight excluding hydrogens is 271 g/mol. The number of imidazole rings is 1. The van der Waals surface area contributed by atoms with Crippen LogP contribution in [-0.2, 0) is 11.3 Å². The summed E-state index contributed by atoms with van der Waals surface area (Å²) in [6.45, 7) is 5.62. The van der Waals surface area contributed by atoms with Crippen LogP contribution in [0.3, 0.4) is 0 Å². The number of halogens is 3. The van der Waals surface area contributed by atoms with Crippen molar-refractivity contribution in [1.29, 1.82) is 0 Å². The van der Waals surface area contributed by atoms with Crippen LogP contribution in [0, 0.1) is 0 Å². The molecule has 114 valence electrons. The Kier molecular flexibility index (Phi) is 5.19. The van der Waals surface area contributed by atoms with Gasteiger partial charge in [-0.2, -0.15) is 13.2 Å². The van der Waals surface area contributed by atoms with E-state index in [-0.39, 0.29) is 12.5 Å². The summed E-state index contributed by atoms with van der Waals surface area (Å²) in [6, 6.07) is -0.504. The molecule has 0 bridgehead atoms. The van der Waals surface area contributed by atoms with Crippen LogP contribution in [0.15, 0.2) is 12.4 Å². The number of aromatic nitrogens is 2. The molecule has 1 aromatic rings. The van der Waals surface area contributed by atoms with Crippen molar-refractivity contribution in [2.75, 3.05) is 6.54 Å². The fourth-order valence-corrected chi connectivity index (χ4v) is 1.94. The monoisotopic (exact) mass is 291 g/mol. The Hall–Kier alpha value is -1.53. The number of amides is 1. The van der Waals surface area contributed by atoms with Gasteiger partial charge in [0.2, 0.25) is 5.91 Å². The molecular formula is C13H20F3N3O. The number of carbonyl (C=O) groups is 1. The third-order valence-electron chi connectivity index (χ3n) is 2.86. The van der Waals surface area contributed by atoms with Gasteiger partial charge in [0, 0.05) is 24.4 Å². The summed E-state index contributed by atoms with van der Waals surface area (Å²) in [5, 5.41) is 0. The fourth-order valence-electron chi connectivity index (χ4n) is 1.94. The topological polar surface area (TPSA) is 38.1 Å². The number of rotatable bonds is 5. The summed E-state index contributed by atoms with van der Waals surface area (Å²) in [6.07, 6.45) is -1.23. The van der Waals surface area contributed by atoms with E-state index in [1.165, 1.54) is 0 Å². The van der Waals surface area contributed by atoms with Gasteiger partial charge in [-0.1, -0.05) is 13.8 Å². The molecule has 1 amide bonds. The molecule has 0 unspecified atom stereocenters. The van der Waals surface area contributed by atoms with Crippen LogP contribution in [0.5, 0.6) is 0 Å². The molecule has 1 rings (SSSR count). The summed E-state index contributed by atoms with van der Waals surface area (Å²) in [5.41, 5.74) is 0. The van der Waals surface area contributed by atoms with Crippen molar-refractivity contribution in [2.45, 2.75) is 52.4 Å². The summed E-state index contributed by atoms with van der Waals surface area (Å²) >= 11 is 0. The Morgan fingerprint density at radius 2 is 1.95 bits per heavy atom. The second kappa shape index (κ2) is 6.28. The van der Waals surface area contributed by atoms with E-state index in [0.29, 0.717) is 5.82 Å². The zero-order chi connectivity index (χ0) is 15.5. The van der Waals surface area contributed by atoms with Crippen molar-refractivity contribution in [1.82, 2.24) is 14.5 Å². The number of hydrogen-bond acceptors (Lipinski definition) is 2. The third-order valence-corrected chi connectivity index (χ3v) is 2.86. The number of alkyl halides is 3. The quantitative estimate of drug-likeness (QED) is 0.836. The molecule has 0 atom stereocenters. The van der Waals surface area contributed by atoms with Crippen molar-refractivity contribution >= 4 is 5.91 Å². The molecule has 0 aliphatic carbocycles. The number of nitrogens with zero attached hydrogens (tertiary/aromatic N) is 3. The Morgan fingerprint density at radius 1 is 1.35 bits per heavy atom. The molecule has 1 heterocycles. The Balaban J connectivity index is 2.84. The van der Waals surface area contributed by atoms with Crippen LogP contribution in [0.4, 0.5) is 13.2 Å². The Bertz CT molecular complexity index is 452. The molecule has 0 aliphatic heterocycles. The van der Waals surface area contributed by atoms with E-state index in [1.54, 1.807) is 30.8 Å². The zero-order valence-electron chi connectivity index (χ0n) is 12.1. The molecule has 0 aromatic carbocycles. The number of hydrogen-bond donors (Lipinski definition) is 0. The van der Waals surface area contributed by atoms with Gasteiger partial charge in [-0.15, -0.1) is 0 Å². The molecule has 4 nitrogen and oxygen atoms in total.